The van der Waals surface area contributed by atoms with Gasteiger partial charge in [0.25, 0.3) is 10.1 Å². The smallest absolute Gasteiger partial charge is 0.407 e. The molecule has 2 unspecified atom stereocenters. The fourth-order valence-electron chi connectivity index (χ4n) is 2.85. The molecule has 1 fully saturated rings. The third kappa shape index (κ3) is 7.44. The van der Waals surface area contributed by atoms with Gasteiger partial charge >= 0.3 is 6.09 Å². The third-order valence-corrected chi connectivity index (χ3v) is 5.11. The van der Waals surface area contributed by atoms with Crippen molar-refractivity contribution in [2.24, 2.45) is 5.92 Å². The number of carbonyl (C=O) groups excluding carboxylic acids is 1. The Morgan fingerprint density at radius 1 is 1.20 bits per heavy atom. The summed E-state index contributed by atoms with van der Waals surface area (Å²) in [6.45, 7) is 5.60. The number of carbonyl (C=O) groups is 1. The summed E-state index contributed by atoms with van der Waals surface area (Å²) in [7, 11) is -3.60. The van der Waals surface area contributed by atoms with Crippen LogP contribution in [-0.2, 0) is 24.8 Å². The van der Waals surface area contributed by atoms with E-state index >= 15 is 0 Å². The van der Waals surface area contributed by atoms with E-state index in [0.717, 1.165) is 12.8 Å². The van der Waals surface area contributed by atoms with Gasteiger partial charge in [-0.25, -0.2) is 4.79 Å². The highest BCUT2D eigenvalue weighted by Gasteiger charge is 2.29. The maximum absolute atomic E-state index is 12.1. The summed E-state index contributed by atoms with van der Waals surface area (Å²) in [6.07, 6.45) is 1.88. The fraction of sp³-hybridized carbons (Fsp3) is 0.611. The second-order valence-corrected chi connectivity index (χ2v) is 9.13. The molecule has 0 radical (unpaired) electrons. The number of rotatable bonds is 6. The van der Waals surface area contributed by atoms with Crippen LogP contribution in [-0.4, -0.2) is 32.8 Å². The van der Waals surface area contributed by atoms with Crippen LogP contribution < -0.4 is 5.32 Å². The minimum Gasteiger partial charge on any atom is -0.444 e. The van der Waals surface area contributed by atoms with Crippen LogP contribution in [0.15, 0.2) is 30.3 Å². The number of hydrogen-bond acceptors (Lipinski definition) is 5. The summed E-state index contributed by atoms with van der Waals surface area (Å²) in [6, 6.07) is 8.96. The lowest BCUT2D eigenvalue weighted by atomic mass is 10.1. The molecule has 2 atom stereocenters. The predicted octanol–water partition coefficient (Wildman–Crippen LogP) is 3.23. The molecule has 1 aliphatic rings. The van der Waals surface area contributed by atoms with E-state index in [1.807, 2.05) is 26.8 Å². The molecule has 0 spiro atoms. The molecule has 2 rings (SSSR count). The molecule has 0 bridgehead atoms. The first-order chi connectivity index (χ1) is 11.6. The molecule has 140 valence electrons. The van der Waals surface area contributed by atoms with Crippen molar-refractivity contribution in [1.29, 1.82) is 0 Å². The summed E-state index contributed by atoms with van der Waals surface area (Å²) in [5.41, 5.74) is 0.176. The maximum atomic E-state index is 12.1. The fourth-order valence-corrected chi connectivity index (χ4v) is 3.94. The van der Waals surface area contributed by atoms with E-state index in [0.29, 0.717) is 12.0 Å². The lowest BCUT2D eigenvalue weighted by Gasteiger charge is -2.21. The van der Waals surface area contributed by atoms with E-state index in [9.17, 15) is 13.2 Å². The van der Waals surface area contributed by atoms with Crippen molar-refractivity contribution in [1.82, 2.24) is 5.32 Å². The van der Waals surface area contributed by atoms with Gasteiger partial charge in [-0.2, -0.15) is 8.42 Å². The minimum absolute atomic E-state index is 0.000257. The van der Waals surface area contributed by atoms with Gasteiger partial charge in [-0.3, -0.25) is 4.18 Å². The highest BCUT2D eigenvalue weighted by Crippen LogP contribution is 2.27. The average molecular weight is 369 g/mol. The molecule has 1 N–H and O–H groups in total. The van der Waals surface area contributed by atoms with Crippen molar-refractivity contribution in [3.63, 3.8) is 0 Å². The Labute approximate surface area is 150 Å². The molecule has 1 aliphatic carbocycles. The largest absolute Gasteiger partial charge is 0.444 e. The van der Waals surface area contributed by atoms with Crippen LogP contribution in [0, 0.1) is 5.92 Å². The zero-order valence-electron chi connectivity index (χ0n) is 15.0. The van der Waals surface area contributed by atoms with E-state index in [1.165, 1.54) is 0 Å². The van der Waals surface area contributed by atoms with Gasteiger partial charge in [0.2, 0.25) is 0 Å². The highest BCUT2D eigenvalue weighted by atomic mass is 32.2. The summed E-state index contributed by atoms with van der Waals surface area (Å²) in [4.78, 5) is 11.8. The second kappa shape index (κ2) is 8.19. The molecule has 7 heteroatoms. The summed E-state index contributed by atoms with van der Waals surface area (Å²) < 4.78 is 34.5. The third-order valence-electron chi connectivity index (χ3n) is 3.93. The van der Waals surface area contributed by atoms with E-state index in [4.69, 9.17) is 8.92 Å². The van der Waals surface area contributed by atoms with Crippen molar-refractivity contribution in [3.8, 4) is 0 Å². The summed E-state index contributed by atoms with van der Waals surface area (Å²) in [5, 5.41) is 2.84. The molecule has 0 saturated heterocycles. The number of hydrogen-bond donors (Lipinski definition) is 1. The van der Waals surface area contributed by atoms with Crippen LogP contribution in [0.2, 0.25) is 0 Å². The first kappa shape index (κ1) is 19.7. The predicted molar refractivity (Wildman–Crippen MR) is 95.5 cm³/mol. The van der Waals surface area contributed by atoms with Gasteiger partial charge < -0.3 is 10.1 Å². The van der Waals surface area contributed by atoms with Gasteiger partial charge in [-0.15, -0.1) is 0 Å². The minimum atomic E-state index is -3.60. The van der Waals surface area contributed by atoms with Crippen LogP contribution >= 0.6 is 0 Å². The monoisotopic (exact) mass is 369 g/mol. The Morgan fingerprint density at radius 3 is 2.52 bits per heavy atom. The van der Waals surface area contributed by atoms with Gasteiger partial charge in [-0.05, 0) is 51.5 Å². The number of benzene rings is 1. The normalized spacial score (nSPS) is 21.1. The van der Waals surface area contributed by atoms with E-state index in [2.05, 4.69) is 5.32 Å². The Kier molecular flexibility index (Phi) is 6.46. The van der Waals surface area contributed by atoms with Gasteiger partial charge in [0.05, 0.1) is 6.61 Å². The van der Waals surface area contributed by atoms with Gasteiger partial charge in [0.15, 0.2) is 0 Å². The van der Waals surface area contributed by atoms with Crippen molar-refractivity contribution in [2.45, 2.75) is 57.4 Å². The first-order valence-corrected chi connectivity index (χ1v) is 10.1. The van der Waals surface area contributed by atoms with Crippen LogP contribution in [0.25, 0.3) is 0 Å². The number of alkyl carbamates (subject to hydrolysis) is 1. The quantitative estimate of drug-likeness (QED) is 0.779. The number of amides is 1. The van der Waals surface area contributed by atoms with E-state index in [-0.39, 0.29) is 24.3 Å². The van der Waals surface area contributed by atoms with Crippen LogP contribution in [0.3, 0.4) is 0 Å². The average Bonchev–Trinajstić information content (AvgIpc) is 2.91. The molecular formula is C18H27NO5S. The van der Waals surface area contributed by atoms with E-state index in [1.54, 1.807) is 24.3 Å². The molecule has 1 saturated carbocycles. The molecule has 1 amide bonds. The molecular weight excluding hydrogens is 342 g/mol. The topological polar surface area (TPSA) is 81.7 Å². The molecule has 0 aromatic heterocycles. The Balaban J connectivity index is 1.74. The molecule has 1 aromatic carbocycles. The van der Waals surface area contributed by atoms with Gasteiger partial charge in [-0.1, -0.05) is 30.3 Å². The molecule has 6 nitrogen and oxygen atoms in total. The maximum Gasteiger partial charge on any atom is 0.407 e. The summed E-state index contributed by atoms with van der Waals surface area (Å²) in [5.74, 6) is -0.00866. The Morgan fingerprint density at radius 2 is 1.88 bits per heavy atom. The van der Waals surface area contributed by atoms with Crippen LogP contribution in [0.1, 0.15) is 45.6 Å². The number of ether oxygens (including phenoxy) is 1. The second-order valence-electron chi connectivity index (χ2n) is 7.49. The Bertz CT molecular complexity index is 666. The van der Waals surface area contributed by atoms with Crippen LogP contribution in [0.5, 0.6) is 0 Å². The SMILES string of the molecule is CC(C)(C)OC(=O)NC1CCC(COS(=O)(=O)Cc2ccccc2)C1. The van der Waals surface area contributed by atoms with E-state index < -0.39 is 21.8 Å². The number of nitrogens with one attached hydrogen (secondary N) is 1. The molecule has 0 heterocycles. The van der Waals surface area contributed by atoms with Crippen molar-refractivity contribution >= 4 is 16.2 Å². The lowest BCUT2D eigenvalue weighted by molar-refractivity contribution is 0.0503. The zero-order chi connectivity index (χ0) is 18.5. The lowest BCUT2D eigenvalue weighted by Crippen LogP contribution is -2.38. The van der Waals surface area contributed by atoms with Crippen molar-refractivity contribution in [2.75, 3.05) is 6.61 Å². The van der Waals surface area contributed by atoms with Gasteiger partial charge in [0, 0.05) is 6.04 Å². The molecule has 25 heavy (non-hydrogen) atoms. The van der Waals surface area contributed by atoms with Crippen molar-refractivity contribution < 1.29 is 22.1 Å². The molecule has 0 aliphatic heterocycles. The highest BCUT2D eigenvalue weighted by molar-refractivity contribution is 7.85. The first-order valence-electron chi connectivity index (χ1n) is 8.53. The van der Waals surface area contributed by atoms with Gasteiger partial charge in [0.1, 0.15) is 11.4 Å². The summed E-state index contributed by atoms with van der Waals surface area (Å²) >= 11 is 0. The zero-order valence-corrected chi connectivity index (χ0v) is 15.8. The Hall–Kier alpha value is -1.60. The standard InChI is InChI=1S/C18H27NO5S/c1-18(2,3)24-17(20)19-16-10-9-15(11-16)12-23-25(21,22)13-14-7-5-4-6-8-14/h4-8,15-16H,9-13H2,1-3H3,(H,19,20). The van der Waals surface area contributed by atoms with Crippen molar-refractivity contribution in [3.05, 3.63) is 35.9 Å². The van der Waals surface area contributed by atoms with Crippen LogP contribution in [0.4, 0.5) is 4.79 Å². The molecule has 1 aromatic rings.